The fourth-order valence-corrected chi connectivity index (χ4v) is 1.51. The maximum atomic E-state index is 11.9. The summed E-state index contributed by atoms with van der Waals surface area (Å²) in [5.74, 6) is -0.0532. The lowest BCUT2D eigenvalue weighted by Crippen LogP contribution is -2.28. The third kappa shape index (κ3) is 4.17. The topological polar surface area (TPSA) is 64.3 Å². The standard InChI is InChI=1S/C13H20N2O2/c1-10-4-3-5-12(11(10)2)13(16)15-7-9-17-8-6-14/h3-5H,6-9,14H2,1-2H3,(H,15,16). The van der Waals surface area contributed by atoms with Gasteiger partial charge in [0.05, 0.1) is 13.2 Å². The van der Waals surface area contributed by atoms with E-state index >= 15 is 0 Å². The Morgan fingerprint density at radius 1 is 1.35 bits per heavy atom. The molecule has 3 N–H and O–H groups in total. The van der Waals surface area contributed by atoms with Crippen LogP contribution in [0.1, 0.15) is 21.5 Å². The van der Waals surface area contributed by atoms with Crippen molar-refractivity contribution in [2.24, 2.45) is 5.73 Å². The van der Waals surface area contributed by atoms with Crippen molar-refractivity contribution in [1.29, 1.82) is 0 Å². The van der Waals surface area contributed by atoms with Gasteiger partial charge < -0.3 is 15.8 Å². The molecular weight excluding hydrogens is 216 g/mol. The molecule has 4 heteroatoms. The zero-order chi connectivity index (χ0) is 12.7. The van der Waals surface area contributed by atoms with E-state index in [2.05, 4.69) is 5.32 Å². The Morgan fingerprint density at radius 3 is 2.82 bits per heavy atom. The lowest BCUT2D eigenvalue weighted by atomic mass is 10.0. The molecule has 4 nitrogen and oxygen atoms in total. The first kappa shape index (κ1) is 13.7. The van der Waals surface area contributed by atoms with Crippen molar-refractivity contribution in [1.82, 2.24) is 5.32 Å². The molecule has 0 spiro atoms. The summed E-state index contributed by atoms with van der Waals surface area (Å²) in [5, 5.41) is 2.82. The van der Waals surface area contributed by atoms with Crippen molar-refractivity contribution >= 4 is 5.91 Å². The summed E-state index contributed by atoms with van der Waals surface area (Å²) >= 11 is 0. The number of carbonyl (C=O) groups is 1. The number of hydrogen-bond donors (Lipinski definition) is 2. The first-order chi connectivity index (χ1) is 8.16. The van der Waals surface area contributed by atoms with Gasteiger partial charge in [-0.25, -0.2) is 0 Å². The minimum Gasteiger partial charge on any atom is -0.378 e. The maximum Gasteiger partial charge on any atom is 0.251 e. The molecule has 1 amide bonds. The second-order valence-electron chi connectivity index (χ2n) is 3.90. The molecule has 0 bridgehead atoms. The molecule has 0 heterocycles. The van der Waals surface area contributed by atoms with Gasteiger partial charge in [-0.05, 0) is 31.0 Å². The molecule has 0 saturated heterocycles. The van der Waals surface area contributed by atoms with Crippen molar-refractivity contribution < 1.29 is 9.53 Å². The third-order valence-corrected chi connectivity index (χ3v) is 2.64. The van der Waals surface area contributed by atoms with E-state index < -0.39 is 0 Å². The molecule has 1 aromatic carbocycles. The van der Waals surface area contributed by atoms with Gasteiger partial charge in [0.15, 0.2) is 0 Å². The van der Waals surface area contributed by atoms with E-state index in [1.165, 1.54) is 0 Å². The molecule has 94 valence electrons. The van der Waals surface area contributed by atoms with Crippen LogP contribution in [0.2, 0.25) is 0 Å². The van der Waals surface area contributed by atoms with Crippen molar-refractivity contribution in [2.45, 2.75) is 13.8 Å². The van der Waals surface area contributed by atoms with Crippen LogP contribution in [0.25, 0.3) is 0 Å². The first-order valence-corrected chi connectivity index (χ1v) is 5.79. The van der Waals surface area contributed by atoms with Gasteiger partial charge in [-0.1, -0.05) is 12.1 Å². The summed E-state index contributed by atoms with van der Waals surface area (Å²) in [6.45, 7) is 5.98. The molecule has 0 radical (unpaired) electrons. The zero-order valence-electron chi connectivity index (χ0n) is 10.5. The molecule has 0 aliphatic heterocycles. The minimum atomic E-state index is -0.0532. The molecule has 0 fully saturated rings. The van der Waals surface area contributed by atoms with Crippen LogP contribution in [0, 0.1) is 13.8 Å². The van der Waals surface area contributed by atoms with Gasteiger partial charge in [0.25, 0.3) is 5.91 Å². The molecule has 0 aromatic heterocycles. The smallest absolute Gasteiger partial charge is 0.251 e. The van der Waals surface area contributed by atoms with Gasteiger partial charge in [-0.3, -0.25) is 4.79 Å². The number of carbonyl (C=O) groups excluding carboxylic acids is 1. The number of nitrogens with two attached hydrogens (primary N) is 1. The number of rotatable bonds is 6. The van der Waals surface area contributed by atoms with Gasteiger partial charge in [-0.2, -0.15) is 0 Å². The number of ether oxygens (including phenoxy) is 1. The summed E-state index contributed by atoms with van der Waals surface area (Å²) in [6, 6.07) is 5.72. The Hall–Kier alpha value is -1.39. The highest BCUT2D eigenvalue weighted by Gasteiger charge is 2.08. The highest BCUT2D eigenvalue weighted by Crippen LogP contribution is 2.12. The lowest BCUT2D eigenvalue weighted by molar-refractivity contribution is 0.0919. The number of amides is 1. The van der Waals surface area contributed by atoms with Gasteiger partial charge in [-0.15, -0.1) is 0 Å². The SMILES string of the molecule is Cc1cccc(C(=O)NCCOCCN)c1C. The van der Waals surface area contributed by atoms with Crippen LogP contribution in [-0.4, -0.2) is 32.2 Å². The average molecular weight is 236 g/mol. The van der Waals surface area contributed by atoms with E-state index in [0.29, 0.717) is 26.3 Å². The summed E-state index contributed by atoms with van der Waals surface area (Å²) in [7, 11) is 0. The summed E-state index contributed by atoms with van der Waals surface area (Å²) in [6.07, 6.45) is 0. The molecule has 0 aliphatic rings. The van der Waals surface area contributed by atoms with Gasteiger partial charge in [0.1, 0.15) is 0 Å². The monoisotopic (exact) mass is 236 g/mol. The molecule has 1 rings (SSSR count). The van der Waals surface area contributed by atoms with Crippen molar-refractivity contribution in [3.05, 3.63) is 34.9 Å². The highest BCUT2D eigenvalue weighted by molar-refractivity contribution is 5.95. The predicted octanol–water partition coefficient (Wildman–Crippen LogP) is 1.01. The number of benzene rings is 1. The molecule has 17 heavy (non-hydrogen) atoms. The lowest BCUT2D eigenvalue weighted by Gasteiger charge is -2.09. The summed E-state index contributed by atoms with van der Waals surface area (Å²) < 4.78 is 5.18. The Bertz CT molecular complexity index is 378. The van der Waals surface area contributed by atoms with Crippen LogP contribution in [0.4, 0.5) is 0 Å². The molecule has 0 atom stereocenters. The molecular formula is C13H20N2O2. The second-order valence-corrected chi connectivity index (χ2v) is 3.90. The van der Waals surface area contributed by atoms with E-state index in [1.807, 2.05) is 32.0 Å². The number of nitrogens with one attached hydrogen (secondary N) is 1. The predicted molar refractivity (Wildman–Crippen MR) is 68.1 cm³/mol. The summed E-state index contributed by atoms with van der Waals surface area (Å²) in [4.78, 5) is 11.9. The first-order valence-electron chi connectivity index (χ1n) is 5.79. The normalized spacial score (nSPS) is 10.3. The number of aryl methyl sites for hydroxylation is 1. The van der Waals surface area contributed by atoms with Crippen LogP contribution >= 0.6 is 0 Å². The van der Waals surface area contributed by atoms with E-state index in [9.17, 15) is 4.79 Å². The van der Waals surface area contributed by atoms with E-state index in [4.69, 9.17) is 10.5 Å². The fourth-order valence-electron chi connectivity index (χ4n) is 1.51. The van der Waals surface area contributed by atoms with E-state index in [-0.39, 0.29) is 5.91 Å². The quantitative estimate of drug-likeness (QED) is 0.724. The highest BCUT2D eigenvalue weighted by atomic mass is 16.5. The minimum absolute atomic E-state index is 0.0532. The number of hydrogen-bond acceptors (Lipinski definition) is 3. The van der Waals surface area contributed by atoms with Crippen LogP contribution < -0.4 is 11.1 Å². The molecule has 0 aliphatic carbocycles. The van der Waals surface area contributed by atoms with Crippen LogP contribution in [-0.2, 0) is 4.74 Å². The fraction of sp³-hybridized carbons (Fsp3) is 0.462. The van der Waals surface area contributed by atoms with E-state index in [1.54, 1.807) is 0 Å². The molecule has 0 unspecified atom stereocenters. The van der Waals surface area contributed by atoms with Crippen molar-refractivity contribution in [2.75, 3.05) is 26.3 Å². The summed E-state index contributed by atoms with van der Waals surface area (Å²) in [5.41, 5.74) is 8.15. The third-order valence-electron chi connectivity index (χ3n) is 2.64. The average Bonchev–Trinajstić information content (AvgIpc) is 2.32. The largest absolute Gasteiger partial charge is 0.378 e. The van der Waals surface area contributed by atoms with E-state index in [0.717, 1.165) is 16.7 Å². The Morgan fingerprint density at radius 2 is 2.12 bits per heavy atom. The Labute approximate surface area is 102 Å². The van der Waals surface area contributed by atoms with Crippen molar-refractivity contribution in [3.63, 3.8) is 0 Å². The zero-order valence-corrected chi connectivity index (χ0v) is 10.5. The van der Waals surface area contributed by atoms with Gasteiger partial charge >= 0.3 is 0 Å². The Kier molecular flexibility index (Phi) is 5.66. The molecule has 1 aromatic rings. The van der Waals surface area contributed by atoms with Crippen LogP contribution in [0.5, 0.6) is 0 Å². The molecule has 0 saturated carbocycles. The van der Waals surface area contributed by atoms with Crippen LogP contribution in [0.3, 0.4) is 0 Å². The van der Waals surface area contributed by atoms with Gasteiger partial charge in [0, 0.05) is 18.7 Å². The van der Waals surface area contributed by atoms with Gasteiger partial charge in [0.2, 0.25) is 0 Å². The van der Waals surface area contributed by atoms with Crippen molar-refractivity contribution in [3.8, 4) is 0 Å². The second kappa shape index (κ2) is 7.04. The maximum absolute atomic E-state index is 11.9. The Balaban J connectivity index is 2.44. The van der Waals surface area contributed by atoms with Crippen LogP contribution in [0.15, 0.2) is 18.2 Å².